The van der Waals surface area contributed by atoms with E-state index in [9.17, 15) is 4.79 Å². The maximum atomic E-state index is 12.5. The van der Waals surface area contributed by atoms with Gasteiger partial charge >= 0.3 is 0 Å². The maximum Gasteiger partial charge on any atom is 0.244 e. The van der Waals surface area contributed by atoms with E-state index in [2.05, 4.69) is 16.4 Å². The molecule has 1 amide bonds. The predicted octanol–water partition coefficient (Wildman–Crippen LogP) is 3.53. The third-order valence-electron chi connectivity index (χ3n) is 4.94. The molecule has 4 N–H and O–H groups in total. The lowest BCUT2D eigenvalue weighted by Gasteiger charge is -2.24. The number of aryl methyl sites for hydroxylation is 1. The minimum Gasteiger partial charge on any atom is -0.497 e. The molecule has 0 aliphatic carbocycles. The molecular weight excluding hydrogens is 390 g/mol. The van der Waals surface area contributed by atoms with E-state index in [-0.39, 0.29) is 18.3 Å². The fourth-order valence-electron chi connectivity index (χ4n) is 3.24. The molecular formula is C22H28ClN3O3. The van der Waals surface area contributed by atoms with Crippen molar-refractivity contribution in [2.75, 3.05) is 20.8 Å². The summed E-state index contributed by atoms with van der Waals surface area (Å²) < 4.78 is 10.8. The van der Waals surface area contributed by atoms with Crippen LogP contribution in [0.2, 0.25) is 0 Å². The first-order chi connectivity index (χ1) is 13.5. The van der Waals surface area contributed by atoms with Crippen LogP contribution in [0.4, 0.5) is 0 Å². The highest BCUT2D eigenvalue weighted by Gasteiger charge is 2.29. The Hall–Kier alpha value is -2.70. The number of fused-ring (bicyclic) bond motifs is 1. The van der Waals surface area contributed by atoms with Crippen molar-refractivity contribution in [2.24, 2.45) is 5.73 Å². The van der Waals surface area contributed by atoms with Crippen LogP contribution < -0.4 is 20.5 Å². The molecule has 7 heteroatoms. The van der Waals surface area contributed by atoms with Crippen molar-refractivity contribution in [3.8, 4) is 11.5 Å². The molecule has 0 bridgehead atoms. The molecule has 1 heterocycles. The number of hydrogen-bond acceptors (Lipinski definition) is 4. The van der Waals surface area contributed by atoms with Crippen molar-refractivity contribution < 1.29 is 14.3 Å². The number of amides is 1. The van der Waals surface area contributed by atoms with Crippen LogP contribution in [-0.2, 0) is 16.8 Å². The van der Waals surface area contributed by atoms with Gasteiger partial charge < -0.3 is 25.5 Å². The van der Waals surface area contributed by atoms with E-state index in [1.807, 2.05) is 42.5 Å². The van der Waals surface area contributed by atoms with Crippen LogP contribution in [0.1, 0.15) is 24.6 Å². The average molecular weight is 418 g/mol. The van der Waals surface area contributed by atoms with E-state index in [1.165, 1.54) is 0 Å². The Morgan fingerprint density at radius 2 is 1.86 bits per heavy atom. The molecule has 156 valence electrons. The minimum atomic E-state index is -1.05. The van der Waals surface area contributed by atoms with Gasteiger partial charge in [0, 0.05) is 29.8 Å². The van der Waals surface area contributed by atoms with Gasteiger partial charge in [-0.2, -0.15) is 0 Å². The number of methoxy groups -OCH3 is 2. The summed E-state index contributed by atoms with van der Waals surface area (Å²) in [4.78, 5) is 15.9. The van der Waals surface area contributed by atoms with Gasteiger partial charge in [0.1, 0.15) is 17.0 Å². The fraction of sp³-hybridized carbons (Fsp3) is 0.318. The highest BCUT2D eigenvalue weighted by atomic mass is 35.5. The van der Waals surface area contributed by atoms with Gasteiger partial charge in [0.25, 0.3) is 0 Å². The van der Waals surface area contributed by atoms with E-state index in [1.54, 1.807) is 21.1 Å². The van der Waals surface area contributed by atoms with Crippen LogP contribution in [0.3, 0.4) is 0 Å². The van der Waals surface area contributed by atoms with Crippen molar-refractivity contribution in [3.05, 3.63) is 59.8 Å². The van der Waals surface area contributed by atoms with Gasteiger partial charge in [0.2, 0.25) is 5.91 Å². The second kappa shape index (κ2) is 9.67. The first kappa shape index (κ1) is 22.6. The molecule has 3 aromatic rings. The van der Waals surface area contributed by atoms with Crippen LogP contribution >= 0.6 is 12.4 Å². The Balaban J connectivity index is 0.00000300. The third-order valence-corrected chi connectivity index (χ3v) is 4.94. The van der Waals surface area contributed by atoms with Gasteiger partial charge in [-0.15, -0.1) is 12.4 Å². The van der Waals surface area contributed by atoms with Crippen molar-refractivity contribution in [3.63, 3.8) is 0 Å². The topological polar surface area (TPSA) is 89.4 Å². The quantitative estimate of drug-likeness (QED) is 0.489. The number of rotatable bonds is 8. The van der Waals surface area contributed by atoms with E-state index >= 15 is 0 Å². The predicted molar refractivity (Wildman–Crippen MR) is 118 cm³/mol. The summed E-state index contributed by atoms with van der Waals surface area (Å²) in [5, 5.41) is 3.96. The summed E-state index contributed by atoms with van der Waals surface area (Å²) in [7, 11) is 3.28. The second-order valence-corrected chi connectivity index (χ2v) is 7.01. The molecule has 1 aromatic heterocycles. The largest absolute Gasteiger partial charge is 0.497 e. The van der Waals surface area contributed by atoms with Gasteiger partial charge in [-0.3, -0.25) is 4.79 Å². The Labute approximate surface area is 177 Å². The van der Waals surface area contributed by atoms with Crippen LogP contribution in [-0.4, -0.2) is 31.7 Å². The molecule has 0 spiro atoms. The van der Waals surface area contributed by atoms with Gasteiger partial charge in [-0.1, -0.05) is 30.3 Å². The van der Waals surface area contributed by atoms with Crippen molar-refractivity contribution in [2.45, 2.75) is 25.3 Å². The van der Waals surface area contributed by atoms with Gasteiger partial charge in [0.15, 0.2) is 0 Å². The van der Waals surface area contributed by atoms with Crippen molar-refractivity contribution in [1.29, 1.82) is 0 Å². The zero-order valence-electron chi connectivity index (χ0n) is 17.0. The number of aromatic amines is 1. The number of benzene rings is 2. The Kier molecular flexibility index (Phi) is 7.53. The number of carbonyl (C=O) groups excluding carboxylic acids is 1. The minimum absolute atomic E-state index is 0. The number of carbonyl (C=O) groups is 1. The molecule has 1 atom stereocenters. The number of halogens is 1. The summed E-state index contributed by atoms with van der Waals surface area (Å²) in [5.41, 5.74) is 8.03. The zero-order valence-corrected chi connectivity index (χ0v) is 17.8. The number of H-pyrrole nitrogens is 1. The van der Waals surface area contributed by atoms with Crippen LogP contribution in [0, 0.1) is 0 Å². The molecule has 0 aliphatic heterocycles. The first-order valence-electron chi connectivity index (χ1n) is 9.32. The number of ether oxygens (including phenoxy) is 2. The summed E-state index contributed by atoms with van der Waals surface area (Å²) >= 11 is 0. The zero-order chi connectivity index (χ0) is 20.1. The third kappa shape index (κ3) is 5.02. The van der Waals surface area contributed by atoms with E-state index < -0.39 is 5.54 Å². The van der Waals surface area contributed by atoms with E-state index in [0.717, 1.165) is 46.5 Å². The molecule has 2 aromatic carbocycles. The first-order valence-corrected chi connectivity index (χ1v) is 9.32. The van der Waals surface area contributed by atoms with Crippen LogP contribution in [0.15, 0.2) is 48.5 Å². The number of aromatic nitrogens is 1. The molecule has 0 aliphatic rings. The smallest absolute Gasteiger partial charge is 0.244 e. The Morgan fingerprint density at radius 3 is 2.52 bits per heavy atom. The average Bonchev–Trinajstić information content (AvgIpc) is 3.13. The monoisotopic (exact) mass is 417 g/mol. The van der Waals surface area contributed by atoms with Crippen molar-refractivity contribution >= 4 is 29.2 Å². The summed E-state index contributed by atoms with van der Waals surface area (Å²) in [6, 6.07) is 15.3. The SMILES string of the molecule is COc1cc(OC)c2cc(CCCNC(=O)C(C)(N)c3ccccc3)[nH]c2c1.Cl. The molecule has 0 radical (unpaired) electrons. The number of nitrogens with two attached hydrogens (primary N) is 1. The highest BCUT2D eigenvalue weighted by molar-refractivity contribution is 5.88. The van der Waals surface area contributed by atoms with E-state index in [4.69, 9.17) is 15.2 Å². The van der Waals surface area contributed by atoms with E-state index in [0.29, 0.717) is 6.54 Å². The van der Waals surface area contributed by atoms with Crippen LogP contribution in [0.5, 0.6) is 11.5 Å². The summed E-state index contributed by atoms with van der Waals surface area (Å²) in [6.45, 7) is 2.28. The molecule has 1 unspecified atom stereocenters. The van der Waals surface area contributed by atoms with Crippen LogP contribution in [0.25, 0.3) is 10.9 Å². The molecule has 6 nitrogen and oxygen atoms in total. The summed E-state index contributed by atoms with van der Waals surface area (Å²) in [6.07, 6.45) is 1.59. The Bertz CT molecular complexity index is 955. The fourth-order valence-corrected chi connectivity index (χ4v) is 3.24. The molecule has 0 saturated heterocycles. The standard InChI is InChI=1S/C22H27N3O3.ClH/c1-22(23,15-8-5-4-6-9-15)21(26)24-11-7-10-16-12-18-19(25-16)13-17(27-2)14-20(18)28-3;/h4-6,8-9,12-14,25H,7,10-11,23H2,1-3H3,(H,24,26);1H. The van der Waals surface area contributed by atoms with Crippen molar-refractivity contribution in [1.82, 2.24) is 10.3 Å². The molecule has 0 saturated carbocycles. The van der Waals surface area contributed by atoms with Gasteiger partial charge in [0.05, 0.1) is 19.7 Å². The molecule has 3 rings (SSSR count). The number of nitrogens with one attached hydrogen (secondary N) is 2. The summed E-state index contributed by atoms with van der Waals surface area (Å²) in [5.74, 6) is 1.34. The maximum absolute atomic E-state index is 12.5. The lowest BCUT2D eigenvalue weighted by Crippen LogP contribution is -2.49. The second-order valence-electron chi connectivity index (χ2n) is 7.01. The molecule has 0 fully saturated rings. The lowest BCUT2D eigenvalue weighted by molar-refractivity contribution is -0.126. The van der Waals surface area contributed by atoms with Gasteiger partial charge in [-0.25, -0.2) is 0 Å². The highest BCUT2D eigenvalue weighted by Crippen LogP contribution is 2.31. The normalized spacial score (nSPS) is 12.7. The molecule has 29 heavy (non-hydrogen) atoms. The number of hydrogen-bond donors (Lipinski definition) is 3. The van der Waals surface area contributed by atoms with Gasteiger partial charge in [-0.05, 0) is 31.4 Å². The lowest BCUT2D eigenvalue weighted by atomic mass is 9.92. The Morgan fingerprint density at radius 1 is 1.14 bits per heavy atom.